The molecular formula is C15H20O2. The smallest absolute Gasteiger partial charge is 0.170 e. The Morgan fingerprint density at radius 3 is 1.94 bits per heavy atom. The topological polar surface area (TPSA) is 34.1 Å². The molecule has 0 saturated carbocycles. The Kier molecular flexibility index (Phi) is 4.62. The minimum absolute atomic E-state index is 0.00272. The van der Waals surface area contributed by atoms with Gasteiger partial charge in [0.2, 0.25) is 0 Å². The van der Waals surface area contributed by atoms with Gasteiger partial charge in [0, 0.05) is 11.5 Å². The summed E-state index contributed by atoms with van der Waals surface area (Å²) in [5, 5.41) is 0. The quantitative estimate of drug-likeness (QED) is 0.574. The van der Waals surface area contributed by atoms with Gasteiger partial charge in [-0.1, -0.05) is 52.0 Å². The van der Waals surface area contributed by atoms with Gasteiger partial charge < -0.3 is 0 Å². The first kappa shape index (κ1) is 13.6. The fourth-order valence-corrected chi connectivity index (χ4v) is 1.52. The highest BCUT2D eigenvalue weighted by atomic mass is 16.1. The van der Waals surface area contributed by atoms with Gasteiger partial charge in [-0.25, -0.2) is 0 Å². The molecule has 0 aliphatic rings. The Bertz CT molecular complexity index is 399. The van der Waals surface area contributed by atoms with Gasteiger partial charge in [-0.3, -0.25) is 9.59 Å². The second kappa shape index (κ2) is 5.76. The van der Waals surface area contributed by atoms with E-state index in [1.165, 1.54) is 5.56 Å². The van der Waals surface area contributed by atoms with Crippen LogP contribution in [0.5, 0.6) is 0 Å². The molecule has 0 heterocycles. The Hall–Kier alpha value is -1.44. The van der Waals surface area contributed by atoms with Crippen LogP contribution in [0, 0.1) is 5.92 Å². The number of Topliss-reactive ketones (excluding diaryl/α,β-unsaturated/α-hetero) is 2. The number of ketones is 2. The average molecular weight is 232 g/mol. The Balaban J connectivity index is 2.73. The molecule has 0 aromatic heterocycles. The third-order valence-electron chi connectivity index (χ3n) is 2.88. The zero-order chi connectivity index (χ0) is 13.0. The summed E-state index contributed by atoms with van der Waals surface area (Å²) in [5.41, 5.74) is 1.83. The van der Waals surface area contributed by atoms with Crippen LogP contribution in [0.2, 0.25) is 0 Å². The van der Waals surface area contributed by atoms with E-state index in [4.69, 9.17) is 0 Å². The molecule has 0 saturated heterocycles. The van der Waals surface area contributed by atoms with Crippen molar-refractivity contribution >= 4 is 11.6 Å². The predicted octanol–water partition coefficient (Wildman–Crippen LogP) is 3.61. The third kappa shape index (κ3) is 3.81. The largest absolute Gasteiger partial charge is 0.299 e. The van der Waals surface area contributed by atoms with Gasteiger partial charge in [0.05, 0.1) is 6.42 Å². The fourth-order valence-electron chi connectivity index (χ4n) is 1.52. The van der Waals surface area contributed by atoms with Crippen molar-refractivity contribution in [3.05, 3.63) is 35.4 Å². The summed E-state index contributed by atoms with van der Waals surface area (Å²) in [4.78, 5) is 23.3. The van der Waals surface area contributed by atoms with Crippen molar-refractivity contribution in [2.75, 3.05) is 0 Å². The van der Waals surface area contributed by atoms with Crippen LogP contribution in [-0.2, 0) is 4.79 Å². The molecule has 0 spiro atoms. The number of carbonyl (C=O) groups excluding carboxylic acids is 2. The minimum atomic E-state index is -0.0843. The van der Waals surface area contributed by atoms with Crippen LogP contribution in [0.1, 0.15) is 56.0 Å². The predicted molar refractivity (Wildman–Crippen MR) is 69.3 cm³/mol. The van der Waals surface area contributed by atoms with Gasteiger partial charge in [0.25, 0.3) is 0 Å². The molecule has 0 bridgehead atoms. The highest BCUT2D eigenvalue weighted by molar-refractivity contribution is 6.08. The summed E-state index contributed by atoms with van der Waals surface area (Å²) in [6, 6.07) is 7.53. The van der Waals surface area contributed by atoms with Crippen LogP contribution in [-0.4, -0.2) is 11.6 Å². The molecule has 0 atom stereocenters. The van der Waals surface area contributed by atoms with Crippen molar-refractivity contribution in [1.29, 1.82) is 0 Å². The van der Waals surface area contributed by atoms with Crippen molar-refractivity contribution in [1.82, 2.24) is 0 Å². The average Bonchev–Trinajstić information content (AvgIpc) is 2.28. The molecule has 1 rings (SSSR count). The van der Waals surface area contributed by atoms with Gasteiger partial charge in [0.1, 0.15) is 5.78 Å². The molecule has 2 nitrogen and oxygen atoms in total. The number of benzene rings is 1. The zero-order valence-electron chi connectivity index (χ0n) is 11.0. The van der Waals surface area contributed by atoms with E-state index in [1.54, 1.807) is 0 Å². The fraction of sp³-hybridized carbons (Fsp3) is 0.467. The molecule has 0 N–H and O–H groups in total. The SMILES string of the molecule is CC(C)C(=O)CC(=O)c1ccc(C(C)C)cc1. The molecule has 0 fully saturated rings. The molecule has 92 valence electrons. The van der Waals surface area contributed by atoms with Crippen molar-refractivity contribution in [2.24, 2.45) is 5.92 Å². The Morgan fingerprint density at radius 2 is 1.53 bits per heavy atom. The van der Waals surface area contributed by atoms with Crippen LogP contribution >= 0.6 is 0 Å². The molecule has 1 aromatic carbocycles. The van der Waals surface area contributed by atoms with Crippen LogP contribution in [0.15, 0.2) is 24.3 Å². The third-order valence-corrected chi connectivity index (χ3v) is 2.88. The number of rotatable bonds is 5. The second-order valence-electron chi connectivity index (χ2n) is 5.00. The molecule has 0 unspecified atom stereocenters. The normalized spacial score (nSPS) is 10.9. The van der Waals surface area contributed by atoms with Crippen molar-refractivity contribution < 1.29 is 9.59 Å². The van der Waals surface area contributed by atoms with E-state index in [-0.39, 0.29) is 23.9 Å². The van der Waals surface area contributed by atoms with E-state index >= 15 is 0 Å². The number of carbonyl (C=O) groups is 2. The molecule has 1 aromatic rings. The van der Waals surface area contributed by atoms with Crippen LogP contribution in [0.4, 0.5) is 0 Å². The Labute approximate surface area is 103 Å². The first-order chi connectivity index (χ1) is 7.91. The molecule has 0 aliphatic carbocycles. The molecule has 17 heavy (non-hydrogen) atoms. The van der Waals surface area contributed by atoms with E-state index in [1.807, 2.05) is 38.1 Å². The van der Waals surface area contributed by atoms with Crippen LogP contribution < -0.4 is 0 Å². The number of hydrogen-bond donors (Lipinski definition) is 0. The first-order valence-corrected chi connectivity index (χ1v) is 6.07. The van der Waals surface area contributed by atoms with Gasteiger partial charge in [-0.2, -0.15) is 0 Å². The summed E-state index contributed by atoms with van der Waals surface area (Å²) < 4.78 is 0. The van der Waals surface area contributed by atoms with E-state index in [0.29, 0.717) is 11.5 Å². The van der Waals surface area contributed by atoms with Gasteiger partial charge in [0.15, 0.2) is 5.78 Å². The monoisotopic (exact) mass is 232 g/mol. The minimum Gasteiger partial charge on any atom is -0.299 e. The maximum absolute atomic E-state index is 11.8. The molecule has 0 aliphatic heterocycles. The summed E-state index contributed by atoms with van der Waals surface area (Å²) in [6.07, 6.45) is 0.0126. The lowest BCUT2D eigenvalue weighted by molar-refractivity contribution is -0.121. The highest BCUT2D eigenvalue weighted by Gasteiger charge is 2.14. The van der Waals surface area contributed by atoms with Gasteiger partial charge >= 0.3 is 0 Å². The van der Waals surface area contributed by atoms with E-state index in [2.05, 4.69) is 13.8 Å². The molecule has 0 amide bonds. The zero-order valence-corrected chi connectivity index (χ0v) is 11.0. The van der Waals surface area contributed by atoms with Crippen LogP contribution in [0.25, 0.3) is 0 Å². The van der Waals surface area contributed by atoms with Crippen molar-refractivity contribution in [3.63, 3.8) is 0 Å². The van der Waals surface area contributed by atoms with E-state index in [9.17, 15) is 9.59 Å². The van der Waals surface area contributed by atoms with Crippen LogP contribution in [0.3, 0.4) is 0 Å². The van der Waals surface area contributed by atoms with E-state index < -0.39 is 0 Å². The van der Waals surface area contributed by atoms with Crippen molar-refractivity contribution in [3.8, 4) is 0 Å². The Morgan fingerprint density at radius 1 is 1.00 bits per heavy atom. The maximum Gasteiger partial charge on any atom is 0.170 e. The maximum atomic E-state index is 11.8. The standard InChI is InChI=1S/C15H20O2/c1-10(2)12-5-7-13(8-6-12)15(17)9-14(16)11(3)4/h5-8,10-11H,9H2,1-4H3. The second-order valence-corrected chi connectivity index (χ2v) is 5.00. The molecular weight excluding hydrogens is 212 g/mol. The summed E-state index contributed by atoms with van der Waals surface area (Å²) in [6.45, 7) is 7.85. The molecule has 2 heteroatoms. The summed E-state index contributed by atoms with van der Waals surface area (Å²) in [5.74, 6) is 0.298. The lowest BCUT2D eigenvalue weighted by Crippen LogP contribution is -2.13. The van der Waals surface area contributed by atoms with Gasteiger partial charge in [-0.15, -0.1) is 0 Å². The lowest BCUT2D eigenvalue weighted by atomic mass is 9.97. The lowest BCUT2D eigenvalue weighted by Gasteiger charge is -2.07. The van der Waals surface area contributed by atoms with E-state index in [0.717, 1.165) is 0 Å². The summed E-state index contributed by atoms with van der Waals surface area (Å²) >= 11 is 0. The van der Waals surface area contributed by atoms with Gasteiger partial charge in [-0.05, 0) is 11.5 Å². The first-order valence-electron chi connectivity index (χ1n) is 6.07. The van der Waals surface area contributed by atoms with Crippen molar-refractivity contribution in [2.45, 2.75) is 40.0 Å². The summed E-state index contributed by atoms with van der Waals surface area (Å²) in [7, 11) is 0. The number of hydrogen-bond acceptors (Lipinski definition) is 2. The molecule has 0 radical (unpaired) electrons. The highest BCUT2D eigenvalue weighted by Crippen LogP contribution is 2.16.